The number of aromatic nitrogens is 2. The second-order valence-corrected chi connectivity index (χ2v) is 4.41. The minimum atomic E-state index is -0.235. The van der Waals surface area contributed by atoms with E-state index in [0.717, 1.165) is 11.1 Å². The minimum Gasteiger partial charge on any atom is -0.307 e. The van der Waals surface area contributed by atoms with Gasteiger partial charge in [-0.2, -0.15) is 0 Å². The van der Waals surface area contributed by atoms with Crippen molar-refractivity contribution in [1.29, 1.82) is 5.41 Å². The van der Waals surface area contributed by atoms with Gasteiger partial charge in [0, 0.05) is 29.9 Å². The lowest BCUT2D eigenvalue weighted by Crippen LogP contribution is -2.14. The molecule has 5 heteroatoms. The average molecular weight is 268 g/mol. The van der Waals surface area contributed by atoms with E-state index in [9.17, 15) is 4.79 Å². The van der Waals surface area contributed by atoms with Crippen LogP contribution in [0.3, 0.4) is 0 Å². The van der Waals surface area contributed by atoms with Gasteiger partial charge in [0.05, 0.1) is 5.56 Å². The maximum atomic E-state index is 12.1. The molecule has 0 unspecified atom stereocenters. The van der Waals surface area contributed by atoms with Crippen LogP contribution in [0.25, 0.3) is 0 Å². The van der Waals surface area contributed by atoms with E-state index < -0.39 is 0 Å². The number of carbonyl (C=O) groups is 1. The van der Waals surface area contributed by atoms with Gasteiger partial charge >= 0.3 is 0 Å². The fraction of sp³-hybridized carbons (Fsp3) is 0.200. The molecule has 0 fully saturated rings. The van der Waals surface area contributed by atoms with Crippen LogP contribution in [0.2, 0.25) is 0 Å². The molecule has 0 aliphatic carbocycles. The quantitative estimate of drug-likeness (QED) is 0.837. The summed E-state index contributed by atoms with van der Waals surface area (Å²) in [6, 6.07) is 5.27. The van der Waals surface area contributed by atoms with Crippen molar-refractivity contribution in [2.45, 2.75) is 20.3 Å². The van der Waals surface area contributed by atoms with Gasteiger partial charge in [-0.05, 0) is 37.1 Å². The molecule has 0 atom stereocenters. The molecular formula is C15H16N4O. The van der Waals surface area contributed by atoms with E-state index in [1.54, 1.807) is 30.6 Å². The summed E-state index contributed by atoms with van der Waals surface area (Å²) >= 11 is 0. The normalized spacial score (nSPS) is 10.1. The van der Waals surface area contributed by atoms with Gasteiger partial charge in [-0.15, -0.1) is 0 Å². The molecule has 0 aromatic carbocycles. The number of hydrogen-bond acceptors (Lipinski definition) is 4. The van der Waals surface area contributed by atoms with E-state index in [-0.39, 0.29) is 5.91 Å². The molecule has 2 aromatic heterocycles. The highest BCUT2D eigenvalue weighted by molar-refractivity contribution is 6.04. The molecule has 5 nitrogen and oxygen atoms in total. The summed E-state index contributed by atoms with van der Waals surface area (Å²) in [6.07, 6.45) is 5.43. The molecule has 0 bridgehead atoms. The van der Waals surface area contributed by atoms with Crippen LogP contribution in [0, 0.1) is 12.3 Å². The van der Waals surface area contributed by atoms with Gasteiger partial charge < -0.3 is 10.7 Å². The Morgan fingerprint density at radius 2 is 2.10 bits per heavy atom. The SMILES string of the molecule is CCC(=N)c1ccc(NC(=O)c2cnccc2C)nc1. The van der Waals surface area contributed by atoms with E-state index in [4.69, 9.17) is 5.41 Å². The number of aryl methyl sites for hydroxylation is 1. The minimum absolute atomic E-state index is 0.235. The lowest BCUT2D eigenvalue weighted by Gasteiger charge is -2.07. The molecule has 20 heavy (non-hydrogen) atoms. The van der Waals surface area contributed by atoms with Crippen LogP contribution in [0.5, 0.6) is 0 Å². The zero-order valence-corrected chi connectivity index (χ0v) is 11.5. The molecule has 2 heterocycles. The molecular weight excluding hydrogens is 252 g/mol. The molecule has 0 saturated heterocycles. The molecule has 0 radical (unpaired) electrons. The van der Waals surface area contributed by atoms with E-state index in [2.05, 4.69) is 15.3 Å². The molecule has 0 spiro atoms. The fourth-order valence-electron chi connectivity index (χ4n) is 1.74. The number of rotatable bonds is 4. The monoisotopic (exact) mass is 268 g/mol. The van der Waals surface area contributed by atoms with E-state index in [1.165, 1.54) is 6.20 Å². The van der Waals surface area contributed by atoms with E-state index in [1.807, 2.05) is 13.8 Å². The molecule has 0 aliphatic rings. The second-order valence-electron chi connectivity index (χ2n) is 4.41. The van der Waals surface area contributed by atoms with Crippen LogP contribution in [-0.4, -0.2) is 21.6 Å². The highest BCUT2D eigenvalue weighted by atomic mass is 16.1. The first-order valence-electron chi connectivity index (χ1n) is 6.37. The van der Waals surface area contributed by atoms with Gasteiger partial charge in [0.1, 0.15) is 5.82 Å². The third-order valence-corrected chi connectivity index (χ3v) is 2.99. The van der Waals surface area contributed by atoms with Crippen molar-refractivity contribution in [1.82, 2.24) is 9.97 Å². The summed E-state index contributed by atoms with van der Waals surface area (Å²) in [4.78, 5) is 20.2. The van der Waals surface area contributed by atoms with E-state index >= 15 is 0 Å². The molecule has 2 rings (SSSR count). The zero-order valence-electron chi connectivity index (χ0n) is 11.5. The van der Waals surface area contributed by atoms with Crippen molar-refractivity contribution < 1.29 is 4.79 Å². The van der Waals surface area contributed by atoms with Crippen LogP contribution in [0.4, 0.5) is 5.82 Å². The maximum Gasteiger partial charge on any atom is 0.258 e. The number of nitrogens with zero attached hydrogens (tertiary/aromatic N) is 2. The summed E-state index contributed by atoms with van der Waals surface area (Å²) in [6.45, 7) is 3.78. The number of amides is 1. The summed E-state index contributed by atoms with van der Waals surface area (Å²) in [5.41, 5.74) is 2.68. The standard InChI is InChI=1S/C15H16N4O/c1-3-13(16)11-4-5-14(18-8-11)19-15(20)12-9-17-7-6-10(12)2/h4-9,16H,3H2,1-2H3,(H,18,19,20). The van der Waals surface area contributed by atoms with Crippen molar-refractivity contribution in [3.63, 3.8) is 0 Å². The van der Waals surface area contributed by atoms with Crippen molar-refractivity contribution >= 4 is 17.4 Å². The third-order valence-electron chi connectivity index (χ3n) is 2.99. The Balaban J connectivity index is 2.13. The van der Waals surface area contributed by atoms with Crippen molar-refractivity contribution in [2.24, 2.45) is 0 Å². The molecule has 1 amide bonds. The van der Waals surface area contributed by atoms with Crippen LogP contribution >= 0.6 is 0 Å². The Bertz CT molecular complexity index is 635. The maximum absolute atomic E-state index is 12.1. The van der Waals surface area contributed by atoms with Crippen LogP contribution in [-0.2, 0) is 0 Å². The second kappa shape index (κ2) is 6.06. The molecule has 102 valence electrons. The summed E-state index contributed by atoms with van der Waals surface area (Å²) in [7, 11) is 0. The van der Waals surface area contributed by atoms with Gasteiger partial charge in [-0.1, -0.05) is 6.92 Å². The predicted octanol–water partition coefficient (Wildman–Crippen LogP) is 2.82. The zero-order chi connectivity index (χ0) is 14.5. The molecule has 2 N–H and O–H groups in total. The number of carbonyl (C=O) groups excluding carboxylic acids is 1. The van der Waals surface area contributed by atoms with Crippen LogP contribution in [0.15, 0.2) is 36.8 Å². The summed E-state index contributed by atoms with van der Waals surface area (Å²) in [5.74, 6) is 0.229. The van der Waals surface area contributed by atoms with Gasteiger partial charge in [0.25, 0.3) is 5.91 Å². The van der Waals surface area contributed by atoms with Crippen LogP contribution < -0.4 is 5.32 Å². The Labute approximate surface area is 117 Å². The first-order chi connectivity index (χ1) is 9.61. The van der Waals surface area contributed by atoms with Crippen LogP contribution in [0.1, 0.15) is 34.8 Å². The Hall–Kier alpha value is -2.56. The van der Waals surface area contributed by atoms with Crippen molar-refractivity contribution in [2.75, 3.05) is 5.32 Å². The largest absolute Gasteiger partial charge is 0.307 e. The molecule has 0 aliphatic heterocycles. The molecule has 2 aromatic rings. The first kappa shape index (κ1) is 13.9. The summed E-state index contributed by atoms with van der Waals surface area (Å²) < 4.78 is 0. The number of pyridine rings is 2. The summed E-state index contributed by atoms with van der Waals surface area (Å²) in [5, 5.41) is 10.4. The topological polar surface area (TPSA) is 78.7 Å². The number of hydrogen-bond donors (Lipinski definition) is 2. The highest BCUT2D eigenvalue weighted by Crippen LogP contribution is 2.11. The van der Waals surface area contributed by atoms with Gasteiger partial charge in [0.15, 0.2) is 0 Å². The van der Waals surface area contributed by atoms with Gasteiger partial charge in [0.2, 0.25) is 0 Å². The van der Waals surface area contributed by atoms with Gasteiger partial charge in [-0.3, -0.25) is 9.78 Å². The average Bonchev–Trinajstić information content (AvgIpc) is 2.47. The molecule has 0 saturated carbocycles. The first-order valence-corrected chi connectivity index (χ1v) is 6.37. The Morgan fingerprint density at radius 3 is 2.70 bits per heavy atom. The van der Waals surface area contributed by atoms with Crippen molar-refractivity contribution in [3.05, 3.63) is 53.5 Å². The highest BCUT2D eigenvalue weighted by Gasteiger charge is 2.10. The lowest BCUT2D eigenvalue weighted by molar-refractivity contribution is 0.102. The smallest absolute Gasteiger partial charge is 0.258 e. The fourth-order valence-corrected chi connectivity index (χ4v) is 1.74. The van der Waals surface area contributed by atoms with Gasteiger partial charge in [-0.25, -0.2) is 4.98 Å². The Morgan fingerprint density at radius 1 is 1.30 bits per heavy atom. The number of anilines is 1. The third kappa shape index (κ3) is 3.06. The van der Waals surface area contributed by atoms with Crippen molar-refractivity contribution in [3.8, 4) is 0 Å². The Kier molecular flexibility index (Phi) is 4.20. The predicted molar refractivity (Wildman–Crippen MR) is 78.3 cm³/mol. The number of nitrogens with one attached hydrogen (secondary N) is 2. The van der Waals surface area contributed by atoms with E-state index in [0.29, 0.717) is 23.5 Å². The lowest BCUT2D eigenvalue weighted by atomic mass is 10.1.